The molecule has 1 heterocycles. The SMILES string of the molecule is CCCNC(CC)c1c(CC)[nH]c2c(C)cccc12. The van der Waals surface area contributed by atoms with Crippen LogP contribution in [0, 0.1) is 6.92 Å². The van der Waals surface area contributed by atoms with E-state index >= 15 is 0 Å². The normalized spacial score (nSPS) is 13.1. The average Bonchev–Trinajstić information content (AvgIpc) is 2.80. The fourth-order valence-electron chi connectivity index (χ4n) is 2.88. The van der Waals surface area contributed by atoms with Gasteiger partial charge in [-0.1, -0.05) is 39.0 Å². The maximum absolute atomic E-state index is 3.69. The zero-order chi connectivity index (χ0) is 13.8. The predicted octanol–water partition coefficient (Wildman–Crippen LogP) is 4.49. The molecular weight excluding hydrogens is 232 g/mol. The van der Waals surface area contributed by atoms with E-state index in [1.54, 1.807) is 0 Å². The van der Waals surface area contributed by atoms with Crippen LogP contribution in [0.25, 0.3) is 10.9 Å². The number of aryl methyl sites for hydroxylation is 2. The van der Waals surface area contributed by atoms with Crippen LogP contribution in [0.2, 0.25) is 0 Å². The van der Waals surface area contributed by atoms with E-state index in [1.807, 2.05) is 0 Å². The number of rotatable bonds is 6. The molecule has 1 aromatic heterocycles. The Labute approximate surface area is 116 Å². The second-order valence-corrected chi connectivity index (χ2v) is 5.28. The van der Waals surface area contributed by atoms with Gasteiger partial charge in [0.1, 0.15) is 0 Å². The Morgan fingerprint density at radius 1 is 1.21 bits per heavy atom. The number of benzene rings is 1. The lowest BCUT2D eigenvalue weighted by Gasteiger charge is -2.18. The zero-order valence-electron chi connectivity index (χ0n) is 12.6. The number of H-pyrrole nitrogens is 1. The summed E-state index contributed by atoms with van der Waals surface area (Å²) in [6.45, 7) is 9.99. The summed E-state index contributed by atoms with van der Waals surface area (Å²) in [5.41, 5.74) is 5.52. The van der Waals surface area contributed by atoms with Crippen molar-refractivity contribution >= 4 is 10.9 Å². The summed E-state index contributed by atoms with van der Waals surface area (Å²) >= 11 is 0. The Hall–Kier alpha value is -1.28. The van der Waals surface area contributed by atoms with Crippen molar-refractivity contribution in [1.82, 2.24) is 10.3 Å². The number of aromatic nitrogens is 1. The second kappa shape index (κ2) is 6.25. The standard InChI is InChI=1S/C17H26N2/c1-5-11-18-14(6-2)16-13-10-8-9-12(4)17(13)19-15(16)7-3/h8-10,14,18-19H,5-7,11H2,1-4H3. The van der Waals surface area contributed by atoms with Gasteiger partial charge in [-0.25, -0.2) is 0 Å². The Kier molecular flexibility index (Phi) is 4.65. The van der Waals surface area contributed by atoms with E-state index in [4.69, 9.17) is 0 Å². The van der Waals surface area contributed by atoms with E-state index in [0.29, 0.717) is 6.04 Å². The van der Waals surface area contributed by atoms with Crippen molar-refractivity contribution in [2.24, 2.45) is 0 Å². The summed E-state index contributed by atoms with van der Waals surface area (Å²) in [5.74, 6) is 0. The van der Waals surface area contributed by atoms with Gasteiger partial charge in [-0.3, -0.25) is 0 Å². The summed E-state index contributed by atoms with van der Waals surface area (Å²) in [6, 6.07) is 7.07. The van der Waals surface area contributed by atoms with Gasteiger partial charge in [0.2, 0.25) is 0 Å². The maximum atomic E-state index is 3.69. The van der Waals surface area contributed by atoms with Crippen molar-refractivity contribution in [3.8, 4) is 0 Å². The minimum absolute atomic E-state index is 0.463. The Morgan fingerprint density at radius 3 is 2.63 bits per heavy atom. The molecule has 0 aliphatic rings. The fraction of sp³-hybridized carbons (Fsp3) is 0.529. The second-order valence-electron chi connectivity index (χ2n) is 5.28. The van der Waals surface area contributed by atoms with Crippen molar-refractivity contribution < 1.29 is 0 Å². The summed E-state index contributed by atoms with van der Waals surface area (Å²) in [5, 5.41) is 5.08. The lowest BCUT2D eigenvalue weighted by atomic mass is 9.98. The Bertz CT molecular complexity index is 539. The van der Waals surface area contributed by atoms with Crippen molar-refractivity contribution in [2.45, 2.75) is 53.0 Å². The number of para-hydroxylation sites is 1. The molecule has 0 radical (unpaired) electrons. The topological polar surface area (TPSA) is 27.8 Å². The first-order valence-corrected chi connectivity index (χ1v) is 7.56. The van der Waals surface area contributed by atoms with Gasteiger partial charge in [-0.05, 0) is 43.9 Å². The summed E-state index contributed by atoms with van der Waals surface area (Å²) in [4.78, 5) is 3.63. The molecule has 0 saturated heterocycles. The van der Waals surface area contributed by atoms with Crippen LogP contribution in [-0.4, -0.2) is 11.5 Å². The first-order chi connectivity index (χ1) is 9.22. The first kappa shape index (κ1) is 14.1. The van der Waals surface area contributed by atoms with Crippen LogP contribution >= 0.6 is 0 Å². The van der Waals surface area contributed by atoms with E-state index in [0.717, 1.165) is 19.4 Å². The molecule has 1 unspecified atom stereocenters. The molecule has 0 amide bonds. The van der Waals surface area contributed by atoms with Gasteiger partial charge in [0.15, 0.2) is 0 Å². The van der Waals surface area contributed by atoms with E-state index in [9.17, 15) is 0 Å². The molecule has 0 aliphatic heterocycles. The molecule has 2 heteroatoms. The van der Waals surface area contributed by atoms with Crippen LogP contribution in [0.1, 0.15) is 56.5 Å². The lowest BCUT2D eigenvalue weighted by molar-refractivity contribution is 0.518. The highest BCUT2D eigenvalue weighted by Crippen LogP contribution is 2.31. The first-order valence-electron chi connectivity index (χ1n) is 7.56. The third kappa shape index (κ3) is 2.69. The van der Waals surface area contributed by atoms with Gasteiger partial charge in [0.25, 0.3) is 0 Å². The summed E-state index contributed by atoms with van der Waals surface area (Å²) in [7, 11) is 0. The minimum atomic E-state index is 0.463. The molecule has 19 heavy (non-hydrogen) atoms. The van der Waals surface area contributed by atoms with Crippen LogP contribution < -0.4 is 5.32 Å². The van der Waals surface area contributed by atoms with Crippen molar-refractivity contribution in [3.63, 3.8) is 0 Å². The van der Waals surface area contributed by atoms with Crippen LogP contribution in [-0.2, 0) is 6.42 Å². The van der Waals surface area contributed by atoms with Gasteiger partial charge >= 0.3 is 0 Å². The molecule has 104 valence electrons. The molecule has 2 aromatic rings. The number of hydrogen-bond acceptors (Lipinski definition) is 1. The molecule has 1 aromatic carbocycles. The largest absolute Gasteiger partial charge is 0.358 e. The van der Waals surface area contributed by atoms with E-state index in [1.165, 1.54) is 34.1 Å². The van der Waals surface area contributed by atoms with Crippen molar-refractivity contribution in [3.05, 3.63) is 35.0 Å². The molecule has 2 N–H and O–H groups in total. The minimum Gasteiger partial charge on any atom is -0.358 e. The molecule has 0 bridgehead atoms. The van der Waals surface area contributed by atoms with Crippen LogP contribution in [0.5, 0.6) is 0 Å². The predicted molar refractivity (Wildman–Crippen MR) is 83.7 cm³/mol. The Balaban J connectivity index is 2.52. The highest BCUT2D eigenvalue weighted by molar-refractivity contribution is 5.87. The number of hydrogen-bond donors (Lipinski definition) is 2. The van der Waals surface area contributed by atoms with Crippen LogP contribution in [0.4, 0.5) is 0 Å². The smallest absolute Gasteiger partial charge is 0.0489 e. The van der Waals surface area contributed by atoms with E-state index in [2.05, 4.69) is 56.2 Å². The summed E-state index contributed by atoms with van der Waals surface area (Å²) < 4.78 is 0. The fourth-order valence-corrected chi connectivity index (χ4v) is 2.88. The highest BCUT2D eigenvalue weighted by Gasteiger charge is 2.18. The van der Waals surface area contributed by atoms with Gasteiger partial charge in [-0.15, -0.1) is 0 Å². The third-order valence-electron chi connectivity index (χ3n) is 3.91. The molecule has 1 atom stereocenters. The van der Waals surface area contributed by atoms with E-state index in [-0.39, 0.29) is 0 Å². The molecule has 0 saturated carbocycles. The van der Waals surface area contributed by atoms with Crippen molar-refractivity contribution in [2.75, 3.05) is 6.54 Å². The molecule has 2 rings (SSSR count). The number of aromatic amines is 1. The molecule has 0 fully saturated rings. The molecule has 0 spiro atoms. The molecular formula is C17H26N2. The number of fused-ring (bicyclic) bond motifs is 1. The summed E-state index contributed by atoms with van der Waals surface area (Å²) in [6.07, 6.45) is 3.38. The lowest BCUT2D eigenvalue weighted by Crippen LogP contribution is -2.22. The zero-order valence-corrected chi connectivity index (χ0v) is 12.6. The number of nitrogens with one attached hydrogen (secondary N) is 2. The van der Waals surface area contributed by atoms with Crippen LogP contribution in [0.3, 0.4) is 0 Å². The highest BCUT2D eigenvalue weighted by atomic mass is 14.9. The maximum Gasteiger partial charge on any atom is 0.0489 e. The van der Waals surface area contributed by atoms with Gasteiger partial charge in [0, 0.05) is 22.6 Å². The monoisotopic (exact) mass is 258 g/mol. The van der Waals surface area contributed by atoms with Gasteiger partial charge in [0.05, 0.1) is 0 Å². The Morgan fingerprint density at radius 2 is 2.00 bits per heavy atom. The van der Waals surface area contributed by atoms with Gasteiger partial charge in [-0.2, -0.15) is 0 Å². The van der Waals surface area contributed by atoms with Crippen molar-refractivity contribution in [1.29, 1.82) is 0 Å². The van der Waals surface area contributed by atoms with Gasteiger partial charge < -0.3 is 10.3 Å². The van der Waals surface area contributed by atoms with E-state index < -0.39 is 0 Å². The molecule has 0 aliphatic carbocycles. The molecule has 2 nitrogen and oxygen atoms in total. The van der Waals surface area contributed by atoms with Crippen LogP contribution in [0.15, 0.2) is 18.2 Å². The quantitative estimate of drug-likeness (QED) is 0.785. The average molecular weight is 258 g/mol. The third-order valence-corrected chi connectivity index (χ3v) is 3.91.